The van der Waals surface area contributed by atoms with Gasteiger partial charge >= 0.3 is 0 Å². The highest BCUT2D eigenvalue weighted by molar-refractivity contribution is 5.77. The van der Waals surface area contributed by atoms with Crippen LogP contribution in [-0.4, -0.2) is 11.9 Å². The molecule has 1 heterocycles. The fraction of sp³-hybridized carbons (Fsp3) is 0.889. The Balaban J connectivity index is 1.52. The van der Waals surface area contributed by atoms with Crippen LogP contribution in [0.5, 0.6) is 0 Å². The van der Waals surface area contributed by atoms with Crippen LogP contribution in [0.25, 0.3) is 0 Å². The summed E-state index contributed by atoms with van der Waals surface area (Å²) in [6.07, 6.45) is 13.8. The number of carbonyl (C=O) groups excluding carboxylic acids is 1. The van der Waals surface area contributed by atoms with Gasteiger partial charge < -0.3 is 5.32 Å². The normalized spacial score (nSPS) is 45.1. The van der Waals surface area contributed by atoms with Crippen LogP contribution in [0, 0.1) is 46.3 Å². The smallest absolute Gasteiger partial charge is 0.220 e. The predicted octanol–water partition coefficient (Wildman–Crippen LogP) is 6.75. The first-order valence-electron chi connectivity index (χ1n) is 12.7. The van der Waals surface area contributed by atoms with Gasteiger partial charge in [-0.2, -0.15) is 0 Å². The minimum Gasteiger partial charge on any atom is -0.353 e. The number of allylic oxidation sites excluding steroid dienone is 2. The van der Waals surface area contributed by atoms with Gasteiger partial charge in [-0.05, 0) is 84.9 Å². The van der Waals surface area contributed by atoms with E-state index >= 15 is 0 Å². The first kappa shape index (κ1) is 21.4. The van der Waals surface area contributed by atoms with Gasteiger partial charge in [0, 0.05) is 12.5 Å². The zero-order valence-electron chi connectivity index (χ0n) is 19.9. The summed E-state index contributed by atoms with van der Waals surface area (Å²) in [6.45, 7) is 14.8. The molecule has 4 unspecified atom stereocenters. The molecule has 3 aliphatic carbocycles. The molecular weight excluding hydrogens is 354 g/mol. The number of hydrogen-bond acceptors (Lipinski definition) is 1. The van der Waals surface area contributed by atoms with Gasteiger partial charge in [0.05, 0.1) is 0 Å². The van der Waals surface area contributed by atoms with E-state index < -0.39 is 0 Å². The molecule has 3 fully saturated rings. The summed E-state index contributed by atoms with van der Waals surface area (Å²) in [7, 11) is 0. The van der Waals surface area contributed by atoms with Crippen molar-refractivity contribution in [2.75, 3.05) is 0 Å². The Bertz CT molecular complexity index is 665. The maximum Gasteiger partial charge on any atom is 0.220 e. The van der Waals surface area contributed by atoms with Crippen molar-refractivity contribution in [3.05, 3.63) is 11.6 Å². The van der Waals surface area contributed by atoms with E-state index in [1.54, 1.807) is 5.57 Å². The molecule has 164 valence electrons. The zero-order valence-corrected chi connectivity index (χ0v) is 19.9. The molecule has 2 saturated carbocycles. The fourth-order valence-electron chi connectivity index (χ4n) is 8.40. The van der Waals surface area contributed by atoms with Crippen molar-refractivity contribution in [3.63, 3.8) is 0 Å². The summed E-state index contributed by atoms with van der Waals surface area (Å²) in [6, 6.07) is 0.410. The highest BCUT2D eigenvalue weighted by Crippen LogP contribution is 2.66. The van der Waals surface area contributed by atoms with Crippen LogP contribution in [0.2, 0.25) is 0 Å². The van der Waals surface area contributed by atoms with Gasteiger partial charge in [0.25, 0.3) is 0 Å². The SMILES string of the molecule is CC(C)CCCC(C)C1=CCC2C3C(CC[C@]12C)[C@@]1(C)CCC(=O)N[C@@H]1C[C@@H]3C. The maximum absolute atomic E-state index is 12.1. The van der Waals surface area contributed by atoms with Crippen LogP contribution in [0.3, 0.4) is 0 Å². The van der Waals surface area contributed by atoms with Gasteiger partial charge in [-0.25, -0.2) is 0 Å². The topological polar surface area (TPSA) is 29.1 Å². The Morgan fingerprint density at radius 2 is 1.90 bits per heavy atom. The second-order valence-electron chi connectivity index (χ2n) is 12.2. The lowest BCUT2D eigenvalue weighted by Gasteiger charge is -2.62. The van der Waals surface area contributed by atoms with Gasteiger partial charge in [-0.1, -0.05) is 66.0 Å². The third kappa shape index (κ3) is 3.51. The van der Waals surface area contributed by atoms with E-state index in [1.807, 2.05) is 0 Å². The fourth-order valence-corrected chi connectivity index (χ4v) is 8.40. The van der Waals surface area contributed by atoms with E-state index in [0.29, 0.717) is 22.8 Å². The molecular formula is C27H45NO. The van der Waals surface area contributed by atoms with Crippen molar-refractivity contribution in [2.45, 2.75) is 105 Å². The van der Waals surface area contributed by atoms with E-state index in [2.05, 4.69) is 52.9 Å². The van der Waals surface area contributed by atoms with Crippen LogP contribution in [0.1, 0.15) is 99.3 Å². The molecule has 8 atom stereocenters. The first-order valence-corrected chi connectivity index (χ1v) is 12.7. The Morgan fingerprint density at radius 1 is 1.14 bits per heavy atom. The van der Waals surface area contributed by atoms with Crippen molar-refractivity contribution in [2.24, 2.45) is 46.3 Å². The number of carbonyl (C=O) groups is 1. The van der Waals surface area contributed by atoms with Gasteiger partial charge in [0.1, 0.15) is 0 Å². The number of nitrogens with one attached hydrogen (secondary N) is 1. The summed E-state index contributed by atoms with van der Waals surface area (Å²) in [4.78, 5) is 12.1. The van der Waals surface area contributed by atoms with Gasteiger partial charge in [-0.15, -0.1) is 0 Å². The van der Waals surface area contributed by atoms with E-state index in [9.17, 15) is 4.79 Å². The quantitative estimate of drug-likeness (QED) is 0.509. The van der Waals surface area contributed by atoms with Crippen LogP contribution < -0.4 is 5.32 Å². The Labute approximate surface area is 179 Å². The Hall–Kier alpha value is -0.790. The van der Waals surface area contributed by atoms with E-state index in [4.69, 9.17) is 0 Å². The molecule has 4 aliphatic rings. The molecule has 0 aromatic carbocycles. The number of fused-ring (bicyclic) bond motifs is 5. The summed E-state index contributed by atoms with van der Waals surface area (Å²) < 4.78 is 0. The lowest BCUT2D eigenvalue weighted by atomic mass is 9.44. The number of hydrogen-bond donors (Lipinski definition) is 1. The van der Waals surface area contributed by atoms with Crippen LogP contribution in [-0.2, 0) is 4.79 Å². The maximum atomic E-state index is 12.1. The average molecular weight is 400 g/mol. The summed E-state index contributed by atoms with van der Waals surface area (Å²) >= 11 is 0. The molecule has 1 N–H and O–H groups in total. The molecule has 0 bridgehead atoms. The van der Waals surface area contributed by atoms with Crippen molar-refractivity contribution < 1.29 is 4.79 Å². The van der Waals surface area contributed by atoms with Crippen molar-refractivity contribution >= 4 is 5.91 Å². The summed E-state index contributed by atoms with van der Waals surface area (Å²) in [5.74, 6) is 5.04. The number of piperidine rings is 1. The molecule has 0 spiro atoms. The molecule has 0 aromatic rings. The lowest BCUT2D eigenvalue weighted by Crippen LogP contribution is -2.63. The Kier molecular flexibility index (Phi) is 5.71. The zero-order chi connectivity index (χ0) is 21.0. The molecule has 0 aromatic heterocycles. The molecule has 1 saturated heterocycles. The van der Waals surface area contributed by atoms with Crippen LogP contribution >= 0.6 is 0 Å². The number of amides is 1. The standard InChI is InChI=1S/C27H45NO/c1-17(2)8-7-9-18(3)20-10-11-21-25-19(4)16-23-27(6,15-13-24(29)28-23)22(25)12-14-26(20,21)5/h10,17-19,21-23,25H,7-9,11-16H2,1-6H3,(H,28,29)/t18?,19-,21?,22?,23+,25?,26+,27+/m0/s1. The highest BCUT2D eigenvalue weighted by atomic mass is 16.1. The second kappa shape index (κ2) is 7.72. The largest absolute Gasteiger partial charge is 0.353 e. The minimum absolute atomic E-state index is 0.291. The second-order valence-corrected chi connectivity index (χ2v) is 12.2. The van der Waals surface area contributed by atoms with Gasteiger partial charge in [0.15, 0.2) is 0 Å². The monoisotopic (exact) mass is 399 g/mol. The molecule has 0 radical (unpaired) electrons. The van der Waals surface area contributed by atoms with Crippen LogP contribution in [0.15, 0.2) is 11.6 Å². The van der Waals surface area contributed by atoms with Gasteiger partial charge in [0.2, 0.25) is 5.91 Å². The summed E-state index contributed by atoms with van der Waals surface area (Å²) in [5, 5.41) is 3.40. The Morgan fingerprint density at radius 3 is 2.62 bits per heavy atom. The van der Waals surface area contributed by atoms with Crippen molar-refractivity contribution in [3.8, 4) is 0 Å². The molecule has 1 aliphatic heterocycles. The van der Waals surface area contributed by atoms with E-state index in [0.717, 1.165) is 48.3 Å². The van der Waals surface area contributed by atoms with E-state index in [1.165, 1.54) is 44.9 Å². The van der Waals surface area contributed by atoms with Crippen molar-refractivity contribution in [1.29, 1.82) is 0 Å². The minimum atomic E-state index is 0.291. The predicted molar refractivity (Wildman–Crippen MR) is 121 cm³/mol. The van der Waals surface area contributed by atoms with Crippen LogP contribution in [0.4, 0.5) is 0 Å². The first-order chi connectivity index (χ1) is 13.7. The third-order valence-electron chi connectivity index (χ3n) is 10.1. The third-order valence-corrected chi connectivity index (χ3v) is 10.1. The highest BCUT2D eigenvalue weighted by Gasteiger charge is 2.60. The molecule has 2 nitrogen and oxygen atoms in total. The van der Waals surface area contributed by atoms with Gasteiger partial charge in [-0.3, -0.25) is 4.79 Å². The lowest BCUT2D eigenvalue weighted by molar-refractivity contribution is -0.140. The molecule has 2 heteroatoms. The summed E-state index contributed by atoms with van der Waals surface area (Å²) in [5.41, 5.74) is 2.55. The molecule has 29 heavy (non-hydrogen) atoms. The molecule has 4 rings (SSSR count). The van der Waals surface area contributed by atoms with E-state index in [-0.39, 0.29) is 0 Å². The number of rotatable bonds is 5. The van der Waals surface area contributed by atoms with Crippen molar-refractivity contribution in [1.82, 2.24) is 5.32 Å². The average Bonchev–Trinajstić information content (AvgIpc) is 3.00. The molecule has 1 amide bonds.